The first-order valence-electron chi connectivity index (χ1n) is 8.52. The van der Waals surface area contributed by atoms with Crippen LogP contribution in [-0.2, 0) is 11.3 Å². The van der Waals surface area contributed by atoms with Crippen LogP contribution in [0.4, 0.5) is 0 Å². The Morgan fingerprint density at radius 3 is 2.70 bits per heavy atom. The van der Waals surface area contributed by atoms with E-state index in [1.807, 2.05) is 18.7 Å². The van der Waals surface area contributed by atoms with E-state index in [0.717, 1.165) is 44.8 Å². The number of hydrogen-bond acceptors (Lipinski definition) is 4. The zero-order valence-electron chi connectivity index (χ0n) is 14.2. The topological polar surface area (TPSA) is 43.8 Å². The third-order valence-corrected chi connectivity index (χ3v) is 5.31. The third-order valence-electron chi connectivity index (χ3n) is 4.43. The van der Waals surface area contributed by atoms with Gasteiger partial charge in [-0.05, 0) is 55.9 Å². The molecule has 5 heteroatoms. The van der Waals surface area contributed by atoms with Crippen molar-refractivity contribution in [3.8, 4) is 0 Å². The van der Waals surface area contributed by atoms with Crippen LogP contribution in [0.3, 0.4) is 0 Å². The van der Waals surface area contributed by atoms with E-state index in [4.69, 9.17) is 5.11 Å². The molecular weight excluding hydrogens is 308 g/mol. The summed E-state index contributed by atoms with van der Waals surface area (Å²) < 4.78 is 0. The number of nitrogens with zero attached hydrogens (tertiary/aromatic N) is 2. The lowest BCUT2D eigenvalue weighted by atomic mass is 10.0. The van der Waals surface area contributed by atoms with Gasteiger partial charge in [-0.15, -0.1) is 11.8 Å². The average Bonchev–Trinajstić information content (AvgIpc) is 2.54. The van der Waals surface area contributed by atoms with Gasteiger partial charge in [0.1, 0.15) is 0 Å². The molecule has 4 nitrogen and oxygen atoms in total. The van der Waals surface area contributed by atoms with E-state index in [0.29, 0.717) is 6.04 Å². The van der Waals surface area contributed by atoms with E-state index in [-0.39, 0.29) is 6.54 Å². The molecule has 0 radical (unpaired) electrons. The van der Waals surface area contributed by atoms with Crippen LogP contribution in [0.1, 0.15) is 32.3 Å². The van der Waals surface area contributed by atoms with E-state index in [1.165, 1.54) is 10.5 Å². The normalized spacial score (nSPS) is 16.8. The zero-order valence-corrected chi connectivity index (χ0v) is 15.0. The van der Waals surface area contributed by atoms with Gasteiger partial charge in [-0.2, -0.15) is 0 Å². The summed E-state index contributed by atoms with van der Waals surface area (Å²) in [5.74, 6) is 0.380. The molecule has 0 aromatic heterocycles. The Kier molecular flexibility index (Phi) is 7.40. The van der Waals surface area contributed by atoms with Gasteiger partial charge in [-0.1, -0.05) is 26.0 Å². The van der Waals surface area contributed by atoms with Crippen LogP contribution in [0.15, 0.2) is 29.2 Å². The number of piperidine rings is 1. The number of benzene rings is 1. The van der Waals surface area contributed by atoms with Crippen LogP contribution in [0, 0.1) is 0 Å². The van der Waals surface area contributed by atoms with Crippen LogP contribution in [0.2, 0.25) is 0 Å². The Morgan fingerprint density at radius 2 is 2.09 bits per heavy atom. The highest BCUT2D eigenvalue weighted by Crippen LogP contribution is 2.22. The second kappa shape index (κ2) is 9.30. The van der Waals surface area contributed by atoms with Crippen molar-refractivity contribution in [3.63, 3.8) is 0 Å². The van der Waals surface area contributed by atoms with Crippen LogP contribution < -0.4 is 0 Å². The Labute approximate surface area is 143 Å². The lowest BCUT2D eigenvalue weighted by Crippen LogP contribution is -2.46. The molecule has 1 aliphatic heterocycles. The molecule has 0 amide bonds. The summed E-state index contributed by atoms with van der Waals surface area (Å²) in [6, 6.07) is 9.23. The molecular formula is C18H28N2O2S. The summed E-state index contributed by atoms with van der Waals surface area (Å²) in [6.45, 7) is 8.30. The predicted molar refractivity (Wildman–Crippen MR) is 96.0 cm³/mol. The minimum Gasteiger partial charge on any atom is -0.480 e. The molecule has 128 valence electrons. The van der Waals surface area contributed by atoms with E-state index >= 15 is 0 Å². The van der Waals surface area contributed by atoms with Crippen molar-refractivity contribution in [2.24, 2.45) is 0 Å². The smallest absolute Gasteiger partial charge is 0.317 e. The molecule has 1 heterocycles. The van der Waals surface area contributed by atoms with Crippen molar-refractivity contribution >= 4 is 17.7 Å². The van der Waals surface area contributed by atoms with E-state index in [2.05, 4.69) is 41.0 Å². The predicted octanol–water partition coefficient (Wildman–Crippen LogP) is 3.17. The summed E-state index contributed by atoms with van der Waals surface area (Å²) in [5.41, 5.74) is 1.37. The number of likely N-dealkylation sites (N-methyl/N-ethyl adjacent to an activating group) is 1. The molecule has 1 saturated heterocycles. The van der Waals surface area contributed by atoms with Gasteiger partial charge in [-0.3, -0.25) is 14.6 Å². The highest BCUT2D eigenvalue weighted by atomic mass is 32.2. The van der Waals surface area contributed by atoms with Crippen LogP contribution in [0.5, 0.6) is 0 Å². The number of carboxylic acid groups (broad SMARTS) is 1. The fourth-order valence-electron chi connectivity index (χ4n) is 3.27. The highest BCUT2D eigenvalue weighted by molar-refractivity contribution is 7.99. The Hall–Kier alpha value is -1.04. The van der Waals surface area contributed by atoms with Gasteiger partial charge < -0.3 is 5.11 Å². The standard InChI is InChI=1S/C18H28N2O2S/c1-3-20(14-18(21)22)16-8-10-19(11-9-16)13-15-6-5-7-17(12-15)23-4-2/h5-7,12,16H,3-4,8-11,13-14H2,1-2H3,(H,21,22). The molecule has 1 N–H and O–H groups in total. The fraction of sp³-hybridized carbons (Fsp3) is 0.611. The molecule has 2 rings (SSSR count). The van der Waals surface area contributed by atoms with Crippen molar-refractivity contribution in [1.82, 2.24) is 9.80 Å². The molecule has 0 aliphatic carbocycles. The fourth-order valence-corrected chi connectivity index (χ4v) is 4.02. The van der Waals surface area contributed by atoms with Crippen molar-refractivity contribution < 1.29 is 9.90 Å². The second-order valence-corrected chi connectivity index (χ2v) is 7.38. The van der Waals surface area contributed by atoms with Gasteiger partial charge in [0.15, 0.2) is 0 Å². The quantitative estimate of drug-likeness (QED) is 0.739. The molecule has 0 saturated carbocycles. The molecule has 1 aromatic carbocycles. The van der Waals surface area contributed by atoms with Gasteiger partial charge in [0.25, 0.3) is 0 Å². The van der Waals surface area contributed by atoms with Crippen molar-refractivity contribution in [3.05, 3.63) is 29.8 Å². The molecule has 0 unspecified atom stereocenters. The number of aliphatic carboxylic acids is 1. The van der Waals surface area contributed by atoms with Crippen molar-refractivity contribution in [2.45, 2.75) is 44.2 Å². The molecule has 1 fully saturated rings. The summed E-state index contributed by atoms with van der Waals surface area (Å²) in [6.07, 6.45) is 2.12. The minimum atomic E-state index is -0.723. The number of likely N-dealkylation sites (tertiary alicyclic amines) is 1. The molecule has 1 aliphatic rings. The van der Waals surface area contributed by atoms with Gasteiger partial charge in [0.2, 0.25) is 0 Å². The summed E-state index contributed by atoms with van der Waals surface area (Å²) in [5, 5.41) is 9.01. The maximum absolute atomic E-state index is 10.9. The largest absolute Gasteiger partial charge is 0.480 e. The van der Waals surface area contributed by atoms with E-state index in [9.17, 15) is 4.79 Å². The Balaban J connectivity index is 1.84. The van der Waals surface area contributed by atoms with E-state index < -0.39 is 5.97 Å². The van der Waals surface area contributed by atoms with Crippen molar-refractivity contribution in [2.75, 3.05) is 31.9 Å². The maximum atomic E-state index is 10.9. The van der Waals surface area contributed by atoms with Crippen LogP contribution in [-0.4, -0.2) is 58.8 Å². The number of hydrogen-bond donors (Lipinski definition) is 1. The molecule has 1 aromatic rings. The minimum absolute atomic E-state index is 0.164. The second-order valence-electron chi connectivity index (χ2n) is 6.04. The van der Waals surface area contributed by atoms with Gasteiger partial charge in [0.05, 0.1) is 6.54 Å². The zero-order chi connectivity index (χ0) is 16.7. The number of thioether (sulfide) groups is 1. The van der Waals surface area contributed by atoms with Gasteiger partial charge in [-0.25, -0.2) is 0 Å². The summed E-state index contributed by atoms with van der Waals surface area (Å²) >= 11 is 1.88. The molecule has 0 spiro atoms. The number of rotatable bonds is 8. The molecule has 0 bridgehead atoms. The lowest BCUT2D eigenvalue weighted by molar-refractivity contribution is -0.139. The van der Waals surface area contributed by atoms with E-state index in [1.54, 1.807) is 0 Å². The first-order chi connectivity index (χ1) is 11.1. The monoisotopic (exact) mass is 336 g/mol. The molecule has 23 heavy (non-hydrogen) atoms. The number of carbonyl (C=O) groups is 1. The van der Waals surface area contributed by atoms with Crippen LogP contribution in [0.25, 0.3) is 0 Å². The average molecular weight is 337 g/mol. The lowest BCUT2D eigenvalue weighted by Gasteiger charge is -2.37. The Morgan fingerprint density at radius 1 is 1.35 bits per heavy atom. The van der Waals surface area contributed by atoms with Gasteiger partial charge >= 0.3 is 5.97 Å². The highest BCUT2D eigenvalue weighted by Gasteiger charge is 2.24. The third kappa shape index (κ3) is 5.83. The Bertz CT molecular complexity index is 502. The first-order valence-corrected chi connectivity index (χ1v) is 9.50. The summed E-state index contributed by atoms with van der Waals surface area (Å²) in [7, 11) is 0. The number of carboxylic acids is 1. The SMILES string of the molecule is CCSc1cccc(CN2CCC(N(CC)CC(=O)O)CC2)c1. The maximum Gasteiger partial charge on any atom is 0.317 e. The van der Waals surface area contributed by atoms with Crippen LogP contribution >= 0.6 is 11.8 Å². The van der Waals surface area contributed by atoms with Crippen molar-refractivity contribution in [1.29, 1.82) is 0 Å². The van der Waals surface area contributed by atoms with Gasteiger partial charge in [0, 0.05) is 17.5 Å². The summed E-state index contributed by atoms with van der Waals surface area (Å²) in [4.78, 5) is 16.9. The molecule has 0 atom stereocenters. The first kappa shape index (κ1) is 18.3.